The molecule has 0 aliphatic rings. The van der Waals surface area contributed by atoms with Crippen molar-refractivity contribution >= 4 is 7.37 Å². The molecule has 0 aromatic heterocycles. The monoisotopic (exact) mass is 376 g/mol. The fourth-order valence-corrected chi connectivity index (χ4v) is 4.06. The fourth-order valence-electron chi connectivity index (χ4n) is 1.82. The smallest absolute Gasteiger partial charge is 0.200 e. The maximum atomic E-state index is 11.9. The number of rotatable bonds is 9. The Morgan fingerprint density at radius 3 is 2.12 bits per heavy atom. The van der Waals surface area contributed by atoms with Crippen LogP contribution in [0.4, 0.5) is 0 Å². The van der Waals surface area contributed by atoms with Gasteiger partial charge in [0, 0.05) is 53.2 Å². The average molecular weight is 379 g/mol. The van der Waals surface area contributed by atoms with Crippen LogP contribution in [0.15, 0.2) is 0 Å². The van der Waals surface area contributed by atoms with Gasteiger partial charge in [-0.3, -0.25) is 4.57 Å². The molecule has 0 saturated heterocycles. The second kappa shape index (κ2) is 11.6. The fraction of sp³-hybridized carbons (Fsp3) is 1.00. The van der Waals surface area contributed by atoms with E-state index in [1.807, 2.05) is 0 Å². The van der Waals surface area contributed by atoms with Crippen LogP contribution in [-0.2, 0) is 4.57 Å². The molecule has 4 heteroatoms. The van der Waals surface area contributed by atoms with Crippen LogP contribution in [0.1, 0.15) is 59.3 Å². The van der Waals surface area contributed by atoms with Gasteiger partial charge in [0.25, 0.3) is 0 Å². The first-order valence-corrected chi connectivity index (χ1v) is 8.39. The van der Waals surface area contributed by atoms with E-state index in [4.69, 9.17) is 0 Å². The van der Waals surface area contributed by atoms with Gasteiger partial charge >= 0.3 is 0 Å². The van der Waals surface area contributed by atoms with Gasteiger partial charge in [-0.05, 0) is 18.8 Å². The normalized spacial score (nSPS) is 16.2. The van der Waals surface area contributed by atoms with Gasteiger partial charge in [-0.2, -0.15) is 0 Å². The maximum Gasteiger partial charge on any atom is 0.200 e. The molecule has 0 aliphatic carbocycles. The average Bonchev–Trinajstić information content (AvgIpc) is 2.21. The zero-order valence-corrected chi connectivity index (χ0v) is 15.1. The van der Waals surface area contributed by atoms with Crippen LogP contribution in [0.2, 0.25) is 0 Å². The molecule has 96 valence electrons. The van der Waals surface area contributed by atoms with Gasteiger partial charge in [-0.15, -0.1) is 0 Å². The second-order valence-electron chi connectivity index (χ2n) is 4.52. The Labute approximate surface area is 134 Å². The second-order valence-corrected chi connectivity index (χ2v) is 7.03. The number of unbranched alkanes of at least 4 members (excludes halogenated alkanes) is 2. The van der Waals surface area contributed by atoms with Crippen LogP contribution >= 0.6 is 7.37 Å². The molecule has 0 aromatic carbocycles. The molecule has 0 heterocycles. The number of hydrogen-bond acceptors (Lipinski definition) is 1. The van der Waals surface area contributed by atoms with Gasteiger partial charge in [0.15, 0.2) is 0 Å². The minimum atomic E-state index is -2.82. The summed E-state index contributed by atoms with van der Waals surface area (Å²) in [7, 11) is -2.82. The zero-order valence-electron chi connectivity index (χ0n) is 11.0. The Morgan fingerprint density at radius 1 is 1.12 bits per heavy atom. The molecule has 0 bridgehead atoms. The third kappa shape index (κ3) is 10.7. The first-order valence-electron chi connectivity index (χ1n) is 6.36. The molecule has 0 aliphatic heterocycles. The molecule has 0 amide bonds. The summed E-state index contributed by atoms with van der Waals surface area (Å²) >= 11 is 0. The summed E-state index contributed by atoms with van der Waals surface area (Å²) in [5, 5.41) is 0. The van der Waals surface area contributed by atoms with Crippen molar-refractivity contribution in [1.29, 1.82) is 0 Å². The van der Waals surface area contributed by atoms with Crippen molar-refractivity contribution in [1.82, 2.24) is 0 Å². The van der Waals surface area contributed by atoms with Crippen molar-refractivity contribution < 1.29 is 50.3 Å². The van der Waals surface area contributed by atoms with E-state index in [0.717, 1.165) is 25.7 Å². The summed E-state index contributed by atoms with van der Waals surface area (Å²) in [4.78, 5) is 9.80. The van der Waals surface area contributed by atoms with Crippen molar-refractivity contribution in [3.8, 4) is 0 Å². The van der Waals surface area contributed by atoms with Crippen LogP contribution in [0.3, 0.4) is 0 Å². The van der Waals surface area contributed by atoms with Crippen molar-refractivity contribution in [2.45, 2.75) is 59.3 Å². The summed E-state index contributed by atoms with van der Waals surface area (Å²) < 4.78 is 11.9. The van der Waals surface area contributed by atoms with E-state index in [-0.39, 0.29) is 40.8 Å². The van der Waals surface area contributed by atoms with E-state index in [1.54, 1.807) is 0 Å². The predicted molar refractivity (Wildman–Crippen MR) is 67.8 cm³/mol. The third-order valence-electron chi connectivity index (χ3n) is 2.95. The molecule has 0 aromatic rings. The number of hydrogen-bond donors (Lipinski definition) is 1. The first-order chi connectivity index (χ1) is 7.05. The molecule has 1 N–H and O–H groups in total. The Kier molecular flexibility index (Phi) is 14.4. The minimum absolute atomic E-state index is 0. The van der Waals surface area contributed by atoms with Gasteiger partial charge in [0.1, 0.15) is 0 Å². The quantitative estimate of drug-likeness (QED) is 0.608. The molecule has 0 radical (unpaired) electrons. The molecular formula is C12H27NdO2P. The topological polar surface area (TPSA) is 37.3 Å². The molecule has 0 fully saturated rings. The summed E-state index contributed by atoms with van der Waals surface area (Å²) in [5.41, 5.74) is 0. The van der Waals surface area contributed by atoms with E-state index in [9.17, 15) is 9.46 Å². The van der Waals surface area contributed by atoms with Crippen molar-refractivity contribution in [2.24, 2.45) is 5.92 Å². The first kappa shape index (κ1) is 19.9. The van der Waals surface area contributed by atoms with Gasteiger partial charge in [0.05, 0.1) is 0 Å². The minimum Gasteiger partial charge on any atom is -0.344 e. The van der Waals surface area contributed by atoms with Gasteiger partial charge < -0.3 is 4.89 Å². The van der Waals surface area contributed by atoms with Crippen LogP contribution < -0.4 is 0 Å². The summed E-state index contributed by atoms with van der Waals surface area (Å²) in [6.07, 6.45) is 7.48. The molecule has 2 atom stereocenters. The zero-order chi connectivity index (χ0) is 11.7. The standard InChI is InChI=1S/C12H27O2P.Nd/c1-4-7-9-12(6-3)11-15(13,14)10-8-5-2;/h12H,4-11H2,1-3H3,(H,13,14);. The van der Waals surface area contributed by atoms with Crippen LogP contribution in [0, 0.1) is 46.8 Å². The third-order valence-corrected chi connectivity index (χ3v) is 5.05. The van der Waals surface area contributed by atoms with E-state index >= 15 is 0 Å². The Hall–Kier alpha value is 1.54. The summed E-state index contributed by atoms with van der Waals surface area (Å²) in [6, 6.07) is 0. The summed E-state index contributed by atoms with van der Waals surface area (Å²) in [5.74, 6) is 0.456. The molecule has 2 nitrogen and oxygen atoms in total. The Morgan fingerprint density at radius 2 is 1.69 bits per heavy atom. The molecule has 0 rings (SSSR count). The van der Waals surface area contributed by atoms with E-state index in [0.29, 0.717) is 18.2 Å². The van der Waals surface area contributed by atoms with E-state index in [2.05, 4.69) is 20.8 Å². The summed E-state index contributed by atoms with van der Waals surface area (Å²) in [6.45, 7) is 6.36. The van der Waals surface area contributed by atoms with Crippen molar-refractivity contribution in [2.75, 3.05) is 12.3 Å². The van der Waals surface area contributed by atoms with Crippen molar-refractivity contribution in [3.63, 3.8) is 0 Å². The molecule has 2 unspecified atom stereocenters. The van der Waals surface area contributed by atoms with E-state index < -0.39 is 7.37 Å². The van der Waals surface area contributed by atoms with Crippen molar-refractivity contribution in [3.05, 3.63) is 0 Å². The molecule has 0 saturated carbocycles. The molecule has 0 spiro atoms. The molecule has 16 heavy (non-hydrogen) atoms. The van der Waals surface area contributed by atoms with Gasteiger partial charge in [-0.1, -0.05) is 46.5 Å². The van der Waals surface area contributed by atoms with Crippen LogP contribution in [0.25, 0.3) is 0 Å². The van der Waals surface area contributed by atoms with E-state index in [1.165, 1.54) is 12.8 Å². The Balaban J connectivity index is 0. The van der Waals surface area contributed by atoms with Gasteiger partial charge in [0.2, 0.25) is 7.37 Å². The van der Waals surface area contributed by atoms with Gasteiger partial charge in [-0.25, -0.2) is 0 Å². The van der Waals surface area contributed by atoms with Crippen LogP contribution in [0.5, 0.6) is 0 Å². The Bertz CT molecular complexity index is 197. The SMILES string of the molecule is CCCCC(CC)CP(=O)(O)CCCC.[Nd]. The predicted octanol–water partition coefficient (Wildman–Crippen LogP) is 4.27. The largest absolute Gasteiger partial charge is 0.344 e. The van der Waals surface area contributed by atoms with Crippen LogP contribution in [-0.4, -0.2) is 17.2 Å². The maximum absolute atomic E-state index is 11.9. The molecular weight excluding hydrogens is 351 g/mol.